The second-order valence-corrected chi connectivity index (χ2v) is 7.56. The zero-order valence-electron chi connectivity index (χ0n) is 15.6. The number of nitrogens with one attached hydrogen (secondary N) is 1. The Morgan fingerprint density at radius 3 is 2.57 bits per heavy atom. The molecule has 0 aromatic carbocycles. The molecule has 0 saturated carbocycles. The van der Waals surface area contributed by atoms with Crippen LogP contribution in [0.2, 0.25) is 0 Å². The lowest BCUT2D eigenvalue weighted by atomic mass is 9.97. The third-order valence-corrected chi connectivity index (χ3v) is 5.08. The number of likely N-dealkylation sites (tertiary alicyclic amines) is 1. The van der Waals surface area contributed by atoms with Gasteiger partial charge in [-0.05, 0) is 38.8 Å². The second-order valence-electron chi connectivity index (χ2n) is 7.56. The van der Waals surface area contributed by atoms with Gasteiger partial charge in [-0.1, -0.05) is 13.8 Å². The summed E-state index contributed by atoms with van der Waals surface area (Å²) in [5.41, 5.74) is 0. The lowest BCUT2D eigenvalue weighted by Gasteiger charge is -2.38. The van der Waals surface area contributed by atoms with E-state index in [1.54, 1.807) is 0 Å². The van der Waals surface area contributed by atoms with Gasteiger partial charge in [0, 0.05) is 52.4 Å². The number of aliphatic imine (C=N–C) groups is 1. The predicted molar refractivity (Wildman–Crippen MR) is 110 cm³/mol. The molecule has 0 aliphatic carbocycles. The molecular formula is C17H36IN5. The van der Waals surface area contributed by atoms with Crippen LogP contribution in [0.15, 0.2) is 4.99 Å². The summed E-state index contributed by atoms with van der Waals surface area (Å²) in [6.07, 6.45) is 2.65. The number of hydrogen-bond acceptors (Lipinski definition) is 3. The van der Waals surface area contributed by atoms with E-state index < -0.39 is 0 Å². The van der Waals surface area contributed by atoms with Crippen LogP contribution in [-0.4, -0.2) is 87.1 Å². The van der Waals surface area contributed by atoms with Crippen molar-refractivity contribution >= 4 is 29.9 Å². The number of nitrogens with zero attached hydrogens (tertiary/aromatic N) is 4. The van der Waals surface area contributed by atoms with Crippen LogP contribution in [0.5, 0.6) is 0 Å². The maximum atomic E-state index is 4.51. The third kappa shape index (κ3) is 6.38. The molecule has 2 aliphatic heterocycles. The van der Waals surface area contributed by atoms with Gasteiger partial charge in [-0.2, -0.15) is 0 Å². The van der Waals surface area contributed by atoms with Crippen molar-refractivity contribution in [2.45, 2.75) is 32.7 Å². The Morgan fingerprint density at radius 2 is 1.91 bits per heavy atom. The minimum absolute atomic E-state index is 0. The second kappa shape index (κ2) is 10.0. The Hall–Kier alpha value is -0.0800. The van der Waals surface area contributed by atoms with Crippen LogP contribution in [0.1, 0.15) is 26.7 Å². The van der Waals surface area contributed by atoms with Crippen molar-refractivity contribution in [3.05, 3.63) is 0 Å². The van der Waals surface area contributed by atoms with Gasteiger partial charge < -0.3 is 15.1 Å². The number of halogens is 1. The molecule has 0 spiro atoms. The van der Waals surface area contributed by atoms with Crippen LogP contribution < -0.4 is 5.32 Å². The van der Waals surface area contributed by atoms with Crippen LogP contribution in [0.4, 0.5) is 0 Å². The fourth-order valence-corrected chi connectivity index (χ4v) is 3.75. The summed E-state index contributed by atoms with van der Waals surface area (Å²) in [5, 5.41) is 3.61. The predicted octanol–water partition coefficient (Wildman–Crippen LogP) is 1.79. The zero-order chi connectivity index (χ0) is 16.1. The first-order chi connectivity index (χ1) is 10.5. The van der Waals surface area contributed by atoms with Gasteiger partial charge in [0.1, 0.15) is 0 Å². The number of guanidine groups is 1. The molecule has 2 fully saturated rings. The molecule has 1 N–H and O–H groups in total. The van der Waals surface area contributed by atoms with Gasteiger partial charge >= 0.3 is 0 Å². The maximum absolute atomic E-state index is 4.51. The highest BCUT2D eigenvalue weighted by Crippen LogP contribution is 2.23. The van der Waals surface area contributed by atoms with Gasteiger partial charge in [0.05, 0.1) is 0 Å². The van der Waals surface area contributed by atoms with E-state index in [9.17, 15) is 0 Å². The highest BCUT2D eigenvalue weighted by molar-refractivity contribution is 14.0. The minimum atomic E-state index is 0. The van der Waals surface area contributed by atoms with E-state index >= 15 is 0 Å². The van der Waals surface area contributed by atoms with Crippen LogP contribution >= 0.6 is 24.0 Å². The molecule has 2 rings (SSSR count). The van der Waals surface area contributed by atoms with Crippen molar-refractivity contribution in [2.75, 3.05) is 60.4 Å². The van der Waals surface area contributed by atoms with E-state index in [0.717, 1.165) is 50.5 Å². The van der Waals surface area contributed by atoms with Gasteiger partial charge in [-0.15, -0.1) is 24.0 Å². The summed E-state index contributed by atoms with van der Waals surface area (Å²) in [6.45, 7) is 11.4. The molecule has 0 aromatic rings. The standard InChI is InChI=1S/C17H35N5.HI/c1-14(2)10-15-6-7-22(12-15)17(18-3)19-11-16-13-20(4)8-9-21(16)5;/h14-16H,6-13H2,1-5H3,(H,18,19);1H. The smallest absolute Gasteiger partial charge is 0.193 e. The molecule has 2 unspecified atom stereocenters. The normalized spacial score (nSPS) is 27.4. The third-order valence-electron chi connectivity index (χ3n) is 5.08. The molecule has 2 saturated heterocycles. The molecule has 0 bridgehead atoms. The Bertz CT molecular complexity index is 374. The highest BCUT2D eigenvalue weighted by atomic mass is 127. The topological polar surface area (TPSA) is 34.1 Å². The molecule has 0 radical (unpaired) electrons. The molecule has 0 aromatic heterocycles. The fourth-order valence-electron chi connectivity index (χ4n) is 3.75. The van der Waals surface area contributed by atoms with Gasteiger partial charge in [0.2, 0.25) is 0 Å². The van der Waals surface area contributed by atoms with Crippen molar-refractivity contribution in [3.63, 3.8) is 0 Å². The van der Waals surface area contributed by atoms with Crippen LogP contribution in [-0.2, 0) is 0 Å². The Balaban J connectivity index is 0.00000264. The van der Waals surface area contributed by atoms with Crippen molar-refractivity contribution in [3.8, 4) is 0 Å². The quantitative estimate of drug-likeness (QED) is 0.413. The van der Waals surface area contributed by atoms with E-state index in [-0.39, 0.29) is 24.0 Å². The molecular weight excluding hydrogens is 401 g/mol. The van der Waals surface area contributed by atoms with Gasteiger partial charge in [0.25, 0.3) is 0 Å². The van der Waals surface area contributed by atoms with E-state index in [2.05, 4.69) is 53.0 Å². The summed E-state index contributed by atoms with van der Waals surface area (Å²) < 4.78 is 0. The minimum Gasteiger partial charge on any atom is -0.355 e. The van der Waals surface area contributed by atoms with E-state index in [1.165, 1.54) is 19.4 Å². The molecule has 136 valence electrons. The first-order valence-electron chi connectivity index (χ1n) is 8.84. The van der Waals surface area contributed by atoms with Crippen LogP contribution in [0.25, 0.3) is 0 Å². The highest BCUT2D eigenvalue weighted by Gasteiger charge is 2.27. The largest absolute Gasteiger partial charge is 0.355 e. The monoisotopic (exact) mass is 437 g/mol. The zero-order valence-corrected chi connectivity index (χ0v) is 17.9. The van der Waals surface area contributed by atoms with Gasteiger partial charge in [-0.25, -0.2) is 0 Å². The molecule has 2 heterocycles. The lowest BCUT2D eigenvalue weighted by molar-refractivity contribution is 0.116. The molecule has 5 nitrogen and oxygen atoms in total. The van der Waals surface area contributed by atoms with Crippen LogP contribution in [0, 0.1) is 11.8 Å². The van der Waals surface area contributed by atoms with Crippen molar-refractivity contribution < 1.29 is 0 Å². The fraction of sp³-hybridized carbons (Fsp3) is 0.941. The van der Waals surface area contributed by atoms with Crippen LogP contribution in [0.3, 0.4) is 0 Å². The van der Waals surface area contributed by atoms with E-state index in [1.807, 2.05) is 7.05 Å². The SMILES string of the molecule is CN=C(NCC1CN(C)CCN1C)N1CCC(CC(C)C)C1.I. The number of hydrogen-bond donors (Lipinski definition) is 1. The summed E-state index contributed by atoms with van der Waals surface area (Å²) in [7, 11) is 6.36. The van der Waals surface area contributed by atoms with Crippen molar-refractivity contribution in [1.82, 2.24) is 20.0 Å². The summed E-state index contributed by atoms with van der Waals surface area (Å²) >= 11 is 0. The Labute approximate surface area is 159 Å². The first kappa shape index (κ1) is 21.0. The molecule has 6 heteroatoms. The molecule has 23 heavy (non-hydrogen) atoms. The molecule has 2 aliphatic rings. The van der Waals surface area contributed by atoms with E-state index in [0.29, 0.717) is 6.04 Å². The maximum Gasteiger partial charge on any atom is 0.193 e. The van der Waals surface area contributed by atoms with Gasteiger partial charge in [0.15, 0.2) is 5.96 Å². The Morgan fingerprint density at radius 1 is 1.17 bits per heavy atom. The molecule has 2 atom stereocenters. The molecule has 0 amide bonds. The van der Waals surface area contributed by atoms with Gasteiger partial charge in [-0.3, -0.25) is 9.89 Å². The first-order valence-corrected chi connectivity index (χ1v) is 8.84. The number of piperazine rings is 1. The van der Waals surface area contributed by atoms with E-state index in [4.69, 9.17) is 0 Å². The average Bonchev–Trinajstić information content (AvgIpc) is 2.90. The van der Waals surface area contributed by atoms with Crippen molar-refractivity contribution in [2.24, 2.45) is 16.8 Å². The number of rotatable bonds is 4. The Kier molecular flexibility index (Phi) is 9.15. The van der Waals surface area contributed by atoms with Crippen molar-refractivity contribution in [1.29, 1.82) is 0 Å². The lowest BCUT2D eigenvalue weighted by Crippen LogP contribution is -2.55. The summed E-state index contributed by atoms with van der Waals surface area (Å²) in [6, 6.07) is 0.574. The summed E-state index contributed by atoms with van der Waals surface area (Å²) in [5.74, 6) is 2.72. The summed E-state index contributed by atoms with van der Waals surface area (Å²) in [4.78, 5) is 11.8. The average molecular weight is 437 g/mol. The number of likely N-dealkylation sites (N-methyl/N-ethyl adjacent to an activating group) is 2.